The van der Waals surface area contributed by atoms with E-state index in [4.69, 9.17) is 0 Å². The highest BCUT2D eigenvalue weighted by Gasteiger charge is 2.14. The van der Waals surface area contributed by atoms with Crippen LogP contribution in [-0.2, 0) is 0 Å². The number of hydrogen-bond acceptors (Lipinski definition) is 4. The lowest BCUT2D eigenvalue weighted by atomic mass is 10.0. The lowest BCUT2D eigenvalue weighted by Crippen LogP contribution is -2.32. The van der Waals surface area contributed by atoms with E-state index in [9.17, 15) is 4.79 Å². The third-order valence-electron chi connectivity index (χ3n) is 3.82. The van der Waals surface area contributed by atoms with Crippen LogP contribution in [0.1, 0.15) is 30.8 Å². The minimum absolute atomic E-state index is 0.113. The summed E-state index contributed by atoms with van der Waals surface area (Å²) in [5.74, 6) is -0.159. The van der Waals surface area contributed by atoms with E-state index in [-0.39, 0.29) is 11.9 Å². The van der Waals surface area contributed by atoms with Gasteiger partial charge in [0.25, 0.3) is 5.91 Å². The lowest BCUT2D eigenvalue weighted by molar-refractivity contribution is 0.0934. The molecular formula is C18H18N4O. The molecule has 5 heteroatoms. The molecular weight excluding hydrogens is 288 g/mol. The molecule has 23 heavy (non-hydrogen) atoms. The van der Waals surface area contributed by atoms with Crippen molar-refractivity contribution < 1.29 is 4.79 Å². The summed E-state index contributed by atoms with van der Waals surface area (Å²) in [6, 6.07) is 7.58. The number of fused-ring (bicyclic) bond motifs is 1. The molecule has 1 atom stereocenters. The number of carbonyl (C=O) groups excluding carboxylic acids is 1. The van der Waals surface area contributed by atoms with Gasteiger partial charge in [0.15, 0.2) is 0 Å². The molecule has 0 aliphatic heterocycles. The zero-order chi connectivity index (χ0) is 16.2. The summed E-state index contributed by atoms with van der Waals surface area (Å²) < 4.78 is 0. The maximum atomic E-state index is 12.4. The Bertz CT molecular complexity index is 833. The molecule has 1 unspecified atom stereocenters. The first-order chi connectivity index (χ1) is 11.2. The summed E-state index contributed by atoms with van der Waals surface area (Å²) in [6.07, 6.45) is 7.80. The molecule has 0 radical (unpaired) electrons. The Labute approximate surface area is 134 Å². The summed E-state index contributed by atoms with van der Waals surface area (Å²) in [5.41, 5.74) is 3.08. The second-order valence-corrected chi connectivity index (χ2v) is 5.47. The van der Waals surface area contributed by atoms with Gasteiger partial charge in [0.2, 0.25) is 0 Å². The molecule has 0 aliphatic rings. The van der Waals surface area contributed by atoms with Crippen molar-refractivity contribution in [3.8, 4) is 11.1 Å². The van der Waals surface area contributed by atoms with E-state index < -0.39 is 0 Å². The van der Waals surface area contributed by atoms with E-state index in [0.29, 0.717) is 5.69 Å². The van der Waals surface area contributed by atoms with E-state index in [1.807, 2.05) is 38.1 Å². The van der Waals surface area contributed by atoms with Gasteiger partial charge in [-0.3, -0.25) is 14.8 Å². The summed E-state index contributed by atoms with van der Waals surface area (Å²) in [5, 5.41) is 3.88. The fourth-order valence-corrected chi connectivity index (χ4v) is 2.36. The first-order valence-corrected chi connectivity index (χ1v) is 7.65. The van der Waals surface area contributed by atoms with E-state index in [1.165, 1.54) is 0 Å². The zero-order valence-corrected chi connectivity index (χ0v) is 13.2. The van der Waals surface area contributed by atoms with Crippen molar-refractivity contribution in [1.29, 1.82) is 0 Å². The van der Waals surface area contributed by atoms with E-state index >= 15 is 0 Å². The molecule has 0 aromatic carbocycles. The van der Waals surface area contributed by atoms with Crippen LogP contribution in [0.3, 0.4) is 0 Å². The molecule has 1 N–H and O–H groups in total. The van der Waals surface area contributed by atoms with Crippen molar-refractivity contribution in [2.24, 2.45) is 0 Å². The van der Waals surface area contributed by atoms with Gasteiger partial charge >= 0.3 is 0 Å². The Hall–Kier alpha value is -2.82. The van der Waals surface area contributed by atoms with Crippen LogP contribution in [-0.4, -0.2) is 26.9 Å². The van der Waals surface area contributed by atoms with Crippen LogP contribution in [0.2, 0.25) is 0 Å². The summed E-state index contributed by atoms with van der Waals surface area (Å²) in [6.45, 7) is 4.01. The van der Waals surface area contributed by atoms with Crippen LogP contribution >= 0.6 is 0 Å². The average molecular weight is 306 g/mol. The molecule has 116 valence electrons. The number of aromatic nitrogens is 3. The molecule has 0 spiro atoms. The van der Waals surface area contributed by atoms with Crippen LogP contribution in [0, 0.1) is 0 Å². The van der Waals surface area contributed by atoms with Gasteiger partial charge < -0.3 is 5.32 Å². The molecule has 3 heterocycles. The topological polar surface area (TPSA) is 67.8 Å². The fraction of sp³-hybridized carbons (Fsp3) is 0.222. The van der Waals surface area contributed by atoms with Crippen molar-refractivity contribution in [3.63, 3.8) is 0 Å². The number of amides is 1. The average Bonchev–Trinajstić information content (AvgIpc) is 2.61. The minimum atomic E-state index is -0.159. The molecule has 0 saturated carbocycles. The Morgan fingerprint density at radius 2 is 1.91 bits per heavy atom. The van der Waals surface area contributed by atoms with Gasteiger partial charge in [-0.25, -0.2) is 4.98 Å². The van der Waals surface area contributed by atoms with Crippen LogP contribution in [0.5, 0.6) is 0 Å². The second kappa shape index (κ2) is 6.52. The molecule has 0 fully saturated rings. The Morgan fingerprint density at radius 3 is 2.65 bits per heavy atom. The number of nitrogens with one attached hydrogen (secondary N) is 1. The van der Waals surface area contributed by atoms with Gasteiger partial charge in [-0.1, -0.05) is 6.92 Å². The third-order valence-corrected chi connectivity index (χ3v) is 3.82. The predicted molar refractivity (Wildman–Crippen MR) is 90.0 cm³/mol. The van der Waals surface area contributed by atoms with Crippen LogP contribution in [0.15, 0.2) is 49.1 Å². The molecule has 3 aromatic heterocycles. The standard InChI is InChI=1S/C18H18N4O/c1-3-12(2)21-18(23)17-10-14(13-4-7-19-8-5-13)15-11-20-9-6-16(15)22-17/h4-12H,3H2,1-2H3,(H,21,23). The second-order valence-electron chi connectivity index (χ2n) is 5.47. The fourth-order valence-electron chi connectivity index (χ4n) is 2.36. The normalized spacial score (nSPS) is 12.1. The zero-order valence-electron chi connectivity index (χ0n) is 13.2. The van der Waals surface area contributed by atoms with Gasteiger partial charge in [-0.05, 0) is 48.7 Å². The number of pyridine rings is 3. The molecule has 0 saturated heterocycles. The van der Waals surface area contributed by atoms with Gasteiger partial charge in [0.1, 0.15) is 5.69 Å². The Morgan fingerprint density at radius 1 is 1.17 bits per heavy atom. The highest BCUT2D eigenvalue weighted by molar-refractivity contribution is 6.01. The Kier molecular flexibility index (Phi) is 4.28. The van der Waals surface area contributed by atoms with Crippen molar-refractivity contribution in [1.82, 2.24) is 20.3 Å². The van der Waals surface area contributed by atoms with Gasteiger partial charge in [-0.2, -0.15) is 0 Å². The smallest absolute Gasteiger partial charge is 0.270 e. The molecule has 0 bridgehead atoms. The monoisotopic (exact) mass is 306 g/mol. The quantitative estimate of drug-likeness (QED) is 0.803. The lowest BCUT2D eigenvalue weighted by Gasteiger charge is -2.13. The van der Waals surface area contributed by atoms with E-state index in [0.717, 1.165) is 28.5 Å². The third kappa shape index (κ3) is 3.18. The number of rotatable bonds is 4. The van der Waals surface area contributed by atoms with Gasteiger partial charge in [0, 0.05) is 36.2 Å². The first-order valence-electron chi connectivity index (χ1n) is 7.65. The van der Waals surface area contributed by atoms with Gasteiger partial charge in [0.05, 0.1) is 5.52 Å². The van der Waals surface area contributed by atoms with Gasteiger partial charge in [-0.15, -0.1) is 0 Å². The highest BCUT2D eigenvalue weighted by Crippen LogP contribution is 2.27. The summed E-state index contributed by atoms with van der Waals surface area (Å²) in [4.78, 5) is 25.1. The molecule has 3 aromatic rings. The SMILES string of the molecule is CCC(C)NC(=O)c1cc(-c2ccncc2)c2cnccc2n1. The van der Waals surface area contributed by atoms with Crippen LogP contribution < -0.4 is 5.32 Å². The highest BCUT2D eigenvalue weighted by atomic mass is 16.1. The van der Waals surface area contributed by atoms with Crippen molar-refractivity contribution >= 4 is 16.8 Å². The van der Waals surface area contributed by atoms with E-state index in [1.54, 1.807) is 24.8 Å². The summed E-state index contributed by atoms with van der Waals surface area (Å²) >= 11 is 0. The number of hydrogen-bond donors (Lipinski definition) is 1. The molecule has 0 aliphatic carbocycles. The van der Waals surface area contributed by atoms with Crippen molar-refractivity contribution in [2.45, 2.75) is 26.3 Å². The minimum Gasteiger partial charge on any atom is -0.348 e. The predicted octanol–water partition coefficient (Wildman–Crippen LogP) is 3.22. The molecule has 5 nitrogen and oxygen atoms in total. The maximum absolute atomic E-state index is 12.4. The Balaban J connectivity index is 2.13. The molecule has 1 amide bonds. The number of carbonyl (C=O) groups is 1. The summed E-state index contributed by atoms with van der Waals surface area (Å²) in [7, 11) is 0. The van der Waals surface area contributed by atoms with Crippen molar-refractivity contribution in [2.75, 3.05) is 0 Å². The van der Waals surface area contributed by atoms with E-state index in [2.05, 4.69) is 20.3 Å². The van der Waals surface area contributed by atoms with Crippen molar-refractivity contribution in [3.05, 3.63) is 54.7 Å². The number of nitrogens with zero attached hydrogens (tertiary/aromatic N) is 3. The maximum Gasteiger partial charge on any atom is 0.270 e. The van der Waals surface area contributed by atoms with Crippen LogP contribution in [0.4, 0.5) is 0 Å². The first kappa shape index (κ1) is 15.1. The molecule has 3 rings (SSSR count). The van der Waals surface area contributed by atoms with Crippen LogP contribution in [0.25, 0.3) is 22.0 Å². The largest absolute Gasteiger partial charge is 0.348 e.